The van der Waals surface area contributed by atoms with E-state index in [0.29, 0.717) is 11.8 Å². The summed E-state index contributed by atoms with van der Waals surface area (Å²) in [7, 11) is 0. The van der Waals surface area contributed by atoms with Crippen molar-refractivity contribution in [2.45, 2.75) is 39.5 Å². The summed E-state index contributed by atoms with van der Waals surface area (Å²) in [4.78, 5) is 4.89. The minimum absolute atomic E-state index is 0.418. The maximum absolute atomic E-state index is 4.89. The van der Waals surface area contributed by atoms with E-state index in [4.69, 9.17) is 4.98 Å². The Morgan fingerprint density at radius 3 is 1.88 bits per heavy atom. The van der Waals surface area contributed by atoms with Crippen LogP contribution < -0.4 is 0 Å². The highest BCUT2D eigenvalue weighted by atomic mass is 15.0. The molecule has 0 spiro atoms. The Hall–Kier alpha value is -4.69. The summed E-state index contributed by atoms with van der Waals surface area (Å²) in [6.07, 6.45) is 4.17. The average molecular weight is 529 g/mol. The van der Waals surface area contributed by atoms with Crippen LogP contribution in [0.2, 0.25) is 0 Å². The Bertz CT molecular complexity index is 2070. The van der Waals surface area contributed by atoms with Gasteiger partial charge in [0.1, 0.15) is 5.65 Å². The molecule has 8 rings (SSSR count). The quantitative estimate of drug-likeness (QED) is 0.222. The largest absolute Gasteiger partial charge is 0.306 e. The smallest absolute Gasteiger partial charge is 0.137 e. The molecule has 41 heavy (non-hydrogen) atoms. The Morgan fingerprint density at radius 2 is 1.17 bits per heavy atom. The normalized spacial score (nSPS) is 12.3. The molecular weight excluding hydrogens is 496 g/mol. The minimum Gasteiger partial charge on any atom is -0.306 e. The van der Waals surface area contributed by atoms with E-state index in [0.717, 1.165) is 16.9 Å². The maximum Gasteiger partial charge on any atom is 0.137 e. The molecule has 0 N–H and O–H groups in total. The molecule has 0 saturated heterocycles. The van der Waals surface area contributed by atoms with Crippen LogP contribution in [0.15, 0.2) is 109 Å². The first-order valence-corrected chi connectivity index (χ1v) is 14.7. The molecule has 0 bridgehead atoms. The topological polar surface area (TPSA) is 17.3 Å². The van der Waals surface area contributed by atoms with Gasteiger partial charge in [0.15, 0.2) is 0 Å². The lowest BCUT2D eigenvalue weighted by molar-refractivity contribution is 0.864. The maximum atomic E-state index is 4.89. The van der Waals surface area contributed by atoms with Crippen LogP contribution in [0.3, 0.4) is 0 Å². The zero-order valence-corrected chi connectivity index (χ0v) is 23.9. The van der Waals surface area contributed by atoms with E-state index in [-0.39, 0.29) is 0 Å². The molecular formula is C39H32N2. The van der Waals surface area contributed by atoms with Crippen LogP contribution in [0.1, 0.15) is 50.7 Å². The number of rotatable bonds is 4. The van der Waals surface area contributed by atoms with Crippen LogP contribution in [-0.2, 0) is 0 Å². The summed E-state index contributed by atoms with van der Waals surface area (Å²) in [6.45, 7) is 9.37. The van der Waals surface area contributed by atoms with E-state index in [1.807, 2.05) is 12.1 Å². The summed E-state index contributed by atoms with van der Waals surface area (Å²) < 4.78 is 2.08. The fourth-order valence-electron chi connectivity index (χ4n) is 7.25. The first-order valence-electron chi connectivity index (χ1n) is 14.7. The highest BCUT2D eigenvalue weighted by Crippen LogP contribution is 2.56. The van der Waals surface area contributed by atoms with E-state index >= 15 is 0 Å². The third kappa shape index (κ3) is 3.47. The van der Waals surface area contributed by atoms with E-state index < -0.39 is 0 Å². The van der Waals surface area contributed by atoms with Crippen molar-refractivity contribution >= 4 is 27.2 Å². The number of aromatic nitrogens is 2. The number of nitrogens with zero attached hydrogens (tertiary/aromatic N) is 2. The third-order valence-corrected chi connectivity index (χ3v) is 8.86. The molecule has 2 heterocycles. The van der Waals surface area contributed by atoms with Crippen molar-refractivity contribution in [3.63, 3.8) is 0 Å². The number of hydrogen-bond acceptors (Lipinski definition) is 1. The average Bonchev–Trinajstić information content (AvgIpc) is 3.57. The predicted octanol–water partition coefficient (Wildman–Crippen LogP) is 10.9. The second-order valence-electron chi connectivity index (χ2n) is 12.0. The van der Waals surface area contributed by atoms with E-state index in [1.165, 1.54) is 66.1 Å². The van der Waals surface area contributed by atoms with E-state index in [9.17, 15) is 0 Å². The first kappa shape index (κ1) is 24.1. The van der Waals surface area contributed by atoms with Gasteiger partial charge in [0, 0.05) is 18.0 Å². The van der Waals surface area contributed by atoms with Crippen molar-refractivity contribution in [3.8, 4) is 44.6 Å². The molecule has 0 aliphatic heterocycles. The van der Waals surface area contributed by atoms with Crippen molar-refractivity contribution in [2.75, 3.05) is 0 Å². The second-order valence-corrected chi connectivity index (χ2v) is 12.0. The molecule has 7 aromatic rings. The fourth-order valence-corrected chi connectivity index (χ4v) is 7.25. The monoisotopic (exact) mass is 528 g/mol. The fraction of sp³-hybridized carbons (Fsp3) is 0.154. The zero-order valence-electron chi connectivity index (χ0n) is 23.9. The zero-order chi connectivity index (χ0) is 27.8. The highest BCUT2D eigenvalue weighted by Gasteiger charge is 2.31. The lowest BCUT2D eigenvalue weighted by Crippen LogP contribution is -2.01. The summed E-state index contributed by atoms with van der Waals surface area (Å²) >= 11 is 0. The van der Waals surface area contributed by atoms with Gasteiger partial charge in [0.05, 0.1) is 5.69 Å². The standard InChI is InChI=1S/C39H32N2/c1-23(2)35-29-13-5-6-14-30(29)36(24(3)4)39-32-19-18-27(28-15-10-16-31(37(28)32)38(35)39)25-11-9-12-26(21-25)33-22-41-20-8-7-17-34(41)40-33/h5-24H,1-4H3. The number of benzene rings is 5. The second kappa shape index (κ2) is 8.91. The van der Waals surface area contributed by atoms with Gasteiger partial charge in [-0.05, 0) is 96.1 Å². The van der Waals surface area contributed by atoms with Crippen molar-refractivity contribution in [2.24, 2.45) is 0 Å². The van der Waals surface area contributed by atoms with Crippen LogP contribution in [0.25, 0.3) is 71.8 Å². The number of imidazole rings is 1. The minimum atomic E-state index is 0.418. The van der Waals surface area contributed by atoms with Gasteiger partial charge in [-0.15, -0.1) is 0 Å². The van der Waals surface area contributed by atoms with E-state index in [2.05, 4.69) is 129 Å². The van der Waals surface area contributed by atoms with Gasteiger partial charge in [0.25, 0.3) is 0 Å². The molecule has 0 saturated carbocycles. The van der Waals surface area contributed by atoms with Crippen LogP contribution in [0.5, 0.6) is 0 Å². The molecule has 1 aliphatic carbocycles. The van der Waals surface area contributed by atoms with Gasteiger partial charge in [0.2, 0.25) is 0 Å². The van der Waals surface area contributed by atoms with Crippen LogP contribution in [-0.4, -0.2) is 9.38 Å². The van der Waals surface area contributed by atoms with Crippen LogP contribution in [0.4, 0.5) is 0 Å². The summed E-state index contributed by atoms with van der Waals surface area (Å²) in [5.74, 6) is 0.835. The molecule has 0 radical (unpaired) electrons. The number of fused-ring (bicyclic) bond motifs is 5. The van der Waals surface area contributed by atoms with Crippen molar-refractivity contribution in [1.29, 1.82) is 0 Å². The van der Waals surface area contributed by atoms with Gasteiger partial charge in [-0.2, -0.15) is 0 Å². The highest BCUT2D eigenvalue weighted by molar-refractivity contribution is 6.22. The van der Waals surface area contributed by atoms with Crippen molar-refractivity contribution < 1.29 is 0 Å². The first-order chi connectivity index (χ1) is 20.0. The molecule has 2 nitrogen and oxygen atoms in total. The number of pyridine rings is 1. The van der Waals surface area contributed by atoms with Crippen LogP contribution >= 0.6 is 0 Å². The molecule has 5 aromatic carbocycles. The van der Waals surface area contributed by atoms with Crippen molar-refractivity contribution in [3.05, 3.63) is 121 Å². The molecule has 0 fully saturated rings. The van der Waals surface area contributed by atoms with Gasteiger partial charge >= 0.3 is 0 Å². The van der Waals surface area contributed by atoms with E-state index in [1.54, 1.807) is 0 Å². The van der Waals surface area contributed by atoms with Crippen LogP contribution in [0, 0.1) is 0 Å². The van der Waals surface area contributed by atoms with Gasteiger partial charge < -0.3 is 4.40 Å². The Kier molecular flexibility index (Phi) is 5.24. The van der Waals surface area contributed by atoms with Gasteiger partial charge in [-0.25, -0.2) is 4.98 Å². The third-order valence-electron chi connectivity index (χ3n) is 8.86. The van der Waals surface area contributed by atoms with Crippen molar-refractivity contribution in [1.82, 2.24) is 9.38 Å². The predicted molar refractivity (Wildman–Crippen MR) is 174 cm³/mol. The van der Waals surface area contributed by atoms with Gasteiger partial charge in [-0.3, -0.25) is 0 Å². The molecule has 1 aliphatic rings. The molecule has 2 heteroatoms. The van der Waals surface area contributed by atoms with Gasteiger partial charge in [-0.1, -0.05) is 107 Å². The molecule has 2 aromatic heterocycles. The Labute approximate surface area is 240 Å². The molecule has 0 atom stereocenters. The molecule has 198 valence electrons. The Balaban J connectivity index is 1.39. The SMILES string of the molecule is CC(C)c1c2c(c(C(C)C)c3ccccc13)-c1ccc(-c3cccc(-c4cn5ccccc5n4)c3)c3cccc-2c13. The Morgan fingerprint density at radius 1 is 0.561 bits per heavy atom. The lowest BCUT2D eigenvalue weighted by Gasteiger charge is -2.23. The number of hydrogen-bond donors (Lipinski definition) is 0. The summed E-state index contributed by atoms with van der Waals surface area (Å²) in [5.41, 5.74) is 14.2. The summed E-state index contributed by atoms with van der Waals surface area (Å²) in [5, 5.41) is 5.50. The molecule has 0 amide bonds. The molecule has 0 unspecified atom stereocenters. The lowest BCUT2D eigenvalue weighted by atomic mass is 9.80. The summed E-state index contributed by atoms with van der Waals surface area (Å²) in [6, 6.07) is 35.7.